The second-order valence-electron chi connectivity index (χ2n) is 7.76. The van der Waals surface area contributed by atoms with Crippen molar-refractivity contribution in [3.63, 3.8) is 0 Å². The Labute approximate surface area is 191 Å². The van der Waals surface area contributed by atoms with E-state index in [1.165, 1.54) is 0 Å². The van der Waals surface area contributed by atoms with E-state index in [1.807, 2.05) is 38.1 Å². The first-order chi connectivity index (χ1) is 14.8. The van der Waals surface area contributed by atoms with Crippen molar-refractivity contribution in [3.05, 3.63) is 75.2 Å². The Balaban J connectivity index is 1.58. The highest BCUT2D eigenvalue weighted by Gasteiger charge is 2.11. The number of thiazole rings is 1. The molecule has 0 saturated carbocycles. The van der Waals surface area contributed by atoms with Crippen molar-refractivity contribution in [1.29, 1.82) is 0 Å². The number of thioether (sulfide) groups is 1. The molecule has 2 amide bonds. The predicted molar refractivity (Wildman–Crippen MR) is 129 cm³/mol. The van der Waals surface area contributed by atoms with E-state index in [0.29, 0.717) is 29.3 Å². The lowest BCUT2D eigenvalue weighted by Gasteiger charge is -2.12. The average Bonchev–Trinajstić information content (AvgIpc) is 3.17. The van der Waals surface area contributed by atoms with E-state index in [4.69, 9.17) is 0 Å². The highest BCUT2D eigenvalue weighted by atomic mass is 32.2. The Morgan fingerprint density at radius 1 is 1.03 bits per heavy atom. The minimum absolute atomic E-state index is 0.101. The molecule has 0 spiro atoms. The molecule has 2 N–H and O–H groups in total. The molecule has 0 aliphatic carbocycles. The summed E-state index contributed by atoms with van der Waals surface area (Å²) >= 11 is 3.35. The van der Waals surface area contributed by atoms with Crippen LogP contribution in [0.25, 0.3) is 0 Å². The van der Waals surface area contributed by atoms with E-state index in [-0.39, 0.29) is 11.8 Å². The fraction of sp³-hybridized carbons (Fsp3) is 0.292. The molecule has 0 atom stereocenters. The fourth-order valence-corrected chi connectivity index (χ4v) is 4.38. The molecular formula is C24H27N3O2S2. The van der Waals surface area contributed by atoms with Crippen LogP contribution in [0.2, 0.25) is 0 Å². The summed E-state index contributed by atoms with van der Waals surface area (Å²) < 4.78 is 0. The van der Waals surface area contributed by atoms with E-state index in [2.05, 4.69) is 34.8 Å². The monoisotopic (exact) mass is 453 g/mol. The molecular weight excluding hydrogens is 426 g/mol. The quantitative estimate of drug-likeness (QED) is 0.430. The number of carbonyl (C=O) groups is 2. The Hall–Kier alpha value is -2.64. The zero-order valence-electron chi connectivity index (χ0n) is 18.2. The summed E-state index contributed by atoms with van der Waals surface area (Å²) in [7, 11) is 0. The van der Waals surface area contributed by atoms with Gasteiger partial charge in [-0.3, -0.25) is 9.59 Å². The van der Waals surface area contributed by atoms with E-state index < -0.39 is 0 Å². The van der Waals surface area contributed by atoms with Gasteiger partial charge in [-0.25, -0.2) is 4.98 Å². The minimum Gasteiger partial charge on any atom is -0.352 e. The van der Waals surface area contributed by atoms with Crippen LogP contribution in [0.5, 0.6) is 0 Å². The summed E-state index contributed by atoms with van der Waals surface area (Å²) in [6.07, 6.45) is 0. The van der Waals surface area contributed by atoms with Crippen molar-refractivity contribution in [2.75, 3.05) is 11.9 Å². The molecule has 0 aliphatic rings. The van der Waals surface area contributed by atoms with Crippen LogP contribution in [0.4, 0.5) is 5.69 Å². The lowest BCUT2D eigenvalue weighted by atomic mass is 10.1. The molecule has 7 heteroatoms. The van der Waals surface area contributed by atoms with Crippen LogP contribution in [-0.2, 0) is 5.75 Å². The SMILES string of the molecule is Cc1nc(CSc2ccc(C(=O)Nc3ccc(C(=O)NCC(C)C)cc3C)cc2)cs1. The number of aromatic nitrogens is 1. The van der Waals surface area contributed by atoms with Gasteiger partial charge in [0, 0.05) is 39.4 Å². The number of carbonyl (C=O) groups excluding carboxylic acids is 2. The lowest BCUT2D eigenvalue weighted by Crippen LogP contribution is -2.27. The number of amides is 2. The zero-order chi connectivity index (χ0) is 22.4. The summed E-state index contributed by atoms with van der Waals surface area (Å²) in [6.45, 7) is 8.63. The molecule has 3 aromatic rings. The van der Waals surface area contributed by atoms with Crippen LogP contribution in [0.1, 0.15) is 50.8 Å². The largest absolute Gasteiger partial charge is 0.352 e. The van der Waals surface area contributed by atoms with E-state index in [9.17, 15) is 9.59 Å². The van der Waals surface area contributed by atoms with Gasteiger partial charge in [0.25, 0.3) is 11.8 Å². The normalized spacial score (nSPS) is 10.9. The van der Waals surface area contributed by atoms with Crippen molar-refractivity contribution < 1.29 is 9.59 Å². The van der Waals surface area contributed by atoms with Gasteiger partial charge in [-0.15, -0.1) is 23.1 Å². The molecule has 0 unspecified atom stereocenters. The summed E-state index contributed by atoms with van der Waals surface area (Å²) in [4.78, 5) is 30.4. The standard InChI is InChI=1S/C24H27N3O2S2/c1-15(2)12-25-23(28)19-7-10-22(16(3)11-19)27-24(29)18-5-8-21(9-6-18)31-14-20-13-30-17(4)26-20/h5-11,13,15H,12,14H2,1-4H3,(H,25,28)(H,27,29). The molecule has 162 valence electrons. The first-order valence-electron chi connectivity index (χ1n) is 10.2. The molecule has 0 aliphatic heterocycles. The molecule has 31 heavy (non-hydrogen) atoms. The van der Waals surface area contributed by atoms with Crippen LogP contribution in [-0.4, -0.2) is 23.3 Å². The van der Waals surface area contributed by atoms with Gasteiger partial charge in [0.15, 0.2) is 0 Å². The molecule has 2 aromatic carbocycles. The Morgan fingerprint density at radius 3 is 2.35 bits per heavy atom. The van der Waals surface area contributed by atoms with Gasteiger partial charge < -0.3 is 10.6 Å². The van der Waals surface area contributed by atoms with Gasteiger partial charge in [0.1, 0.15) is 0 Å². The molecule has 0 bridgehead atoms. The molecule has 0 radical (unpaired) electrons. The zero-order valence-corrected chi connectivity index (χ0v) is 19.8. The Bertz CT molecular complexity index is 1060. The van der Waals surface area contributed by atoms with Gasteiger partial charge in [-0.2, -0.15) is 0 Å². The van der Waals surface area contributed by atoms with Crippen molar-refractivity contribution >= 4 is 40.6 Å². The molecule has 5 nitrogen and oxygen atoms in total. The van der Waals surface area contributed by atoms with Gasteiger partial charge in [-0.1, -0.05) is 13.8 Å². The summed E-state index contributed by atoms with van der Waals surface area (Å²) in [5.41, 5.74) is 3.80. The first kappa shape index (κ1) is 23.0. The van der Waals surface area contributed by atoms with Crippen LogP contribution in [0, 0.1) is 19.8 Å². The maximum absolute atomic E-state index is 12.7. The Kier molecular flexibility index (Phi) is 7.87. The summed E-state index contributed by atoms with van der Waals surface area (Å²) in [6, 6.07) is 12.9. The number of anilines is 1. The number of rotatable bonds is 8. The lowest BCUT2D eigenvalue weighted by molar-refractivity contribution is 0.0948. The number of hydrogen-bond donors (Lipinski definition) is 2. The average molecular weight is 454 g/mol. The third-order valence-electron chi connectivity index (χ3n) is 4.58. The fourth-order valence-electron chi connectivity index (χ4n) is 2.87. The van der Waals surface area contributed by atoms with Gasteiger partial charge in [-0.05, 0) is 67.8 Å². The van der Waals surface area contributed by atoms with Gasteiger partial charge >= 0.3 is 0 Å². The molecule has 0 fully saturated rings. The summed E-state index contributed by atoms with van der Waals surface area (Å²) in [5.74, 6) is 0.930. The molecule has 1 heterocycles. The van der Waals surface area contributed by atoms with Crippen LogP contribution < -0.4 is 10.6 Å². The number of nitrogens with zero attached hydrogens (tertiary/aromatic N) is 1. The van der Waals surface area contributed by atoms with Crippen molar-refractivity contribution in [2.45, 2.75) is 38.3 Å². The van der Waals surface area contributed by atoms with Crippen LogP contribution in [0.3, 0.4) is 0 Å². The number of nitrogens with one attached hydrogen (secondary N) is 2. The van der Waals surface area contributed by atoms with Gasteiger partial charge in [0.05, 0.1) is 10.7 Å². The van der Waals surface area contributed by atoms with Crippen molar-refractivity contribution in [3.8, 4) is 0 Å². The molecule has 1 aromatic heterocycles. The predicted octanol–water partition coefficient (Wildman–Crippen LogP) is 5.69. The number of aryl methyl sites for hydroxylation is 2. The highest BCUT2D eigenvalue weighted by molar-refractivity contribution is 7.98. The minimum atomic E-state index is -0.174. The second kappa shape index (κ2) is 10.6. The van der Waals surface area contributed by atoms with Crippen LogP contribution in [0.15, 0.2) is 52.7 Å². The first-order valence-corrected chi connectivity index (χ1v) is 12.0. The van der Waals surface area contributed by atoms with Crippen molar-refractivity contribution in [1.82, 2.24) is 10.3 Å². The molecule has 0 saturated heterocycles. The van der Waals surface area contributed by atoms with E-state index in [0.717, 1.165) is 26.9 Å². The third-order valence-corrected chi connectivity index (χ3v) is 6.45. The third kappa shape index (κ3) is 6.67. The maximum Gasteiger partial charge on any atom is 0.255 e. The van der Waals surface area contributed by atoms with Crippen molar-refractivity contribution in [2.24, 2.45) is 5.92 Å². The van der Waals surface area contributed by atoms with E-state index in [1.54, 1.807) is 41.3 Å². The smallest absolute Gasteiger partial charge is 0.255 e. The topological polar surface area (TPSA) is 71.1 Å². The second-order valence-corrected chi connectivity index (χ2v) is 9.87. The Morgan fingerprint density at radius 2 is 1.74 bits per heavy atom. The maximum atomic E-state index is 12.7. The number of benzene rings is 2. The number of hydrogen-bond acceptors (Lipinski definition) is 5. The van der Waals surface area contributed by atoms with E-state index >= 15 is 0 Å². The highest BCUT2D eigenvalue weighted by Crippen LogP contribution is 2.24. The molecule has 3 rings (SSSR count). The summed E-state index contributed by atoms with van der Waals surface area (Å²) in [5, 5.41) is 8.99. The van der Waals surface area contributed by atoms with Gasteiger partial charge in [0.2, 0.25) is 0 Å². The van der Waals surface area contributed by atoms with Crippen LogP contribution >= 0.6 is 23.1 Å².